The van der Waals surface area contributed by atoms with Gasteiger partial charge in [0, 0.05) is 67.2 Å². The van der Waals surface area contributed by atoms with Crippen LogP contribution in [0.15, 0.2) is 66.7 Å². The van der Waals surface area contributed by atoms with Gasteiger partial charge in [0.25, 0.3) is 0 Å². The number of ketones is 2. The van der Waals surface area contributed by atoms with E-state index in [0.717, 1.165) is 96.2 Å². The molecule has 8 atom stereocenters. The second-order valence-corrected chi connectivity index (χ2v) is 18.8. The van der Waals surface area contributed by atoms with Crippen molar-refractivity contribution in [3.8, 4) is 0 Å². The molecule has 0 aromatic heterocycles. The maximum Gasteiger partial charge on any atom is 0.140 e. The number of hydrogen-bond donors (Lipinski definition) is 1. The molecule has 3 aromatic rings. The van der Waals surface area contributed by atoms with E-state index in [2.05, 4.69) is 114 Å². The van der Waals surface area contributed by atoms with Gasteiger partial charge in [-0.2, -0.15) is 0 Å². The Kier molecular flexibility index (Phi) is 14.1. The van der Waals surface area contributed by atoms with Crippen LogP contribution in [-0.4, -0.2) is 116 Å². The third-order valence-corrected chi connectivity index (χ3v) is 15.1. The zero-order valence-corrected chi connectivity index (χ0v) is 36.4. The largest absolute Gasteiger partial charge is 0.378 e. The summed E-state index contributed by atoms with van der Waals surface area (Å²) in [7, 11) is 0. The molecule has 0 spiro atoms. The fraction of sp³-hybridized carbons (Fsp3) is 0.608. The average Bonchev–Trinajstić information content (AvgIpc) is 4.00. The first-order valence-corrected chi connectivity index (χ1v) is 23.1. The molecule has 8 heteroatoms. The van der Waals surface area contributed by atoms with E-state index in [-0.39, 0.29) is 11.8 Å². The van der Waals surface area contributed by atoms with Crippen molar-refractivity contribution >= 4 is 11.6 Å². The van der Waals surface area contributed by atoms with Gasteiger partial charge in [-0.25, -0.2) is 0 Å². The summed E-state index contributed by atoms with van der Waals surface area (Å²) in [5.74, 6) is 1.90. The van der Waals surface area contributed by atoms with Gasteiger partial charge >= 0.3 is 0 Å². The van der Waals surface area contributed by atoms with Gasteiger partial charge in [0.15, 0.2) is 0 Å². The SMILES string of the molecule is Cc1ccc(CC(=O)C2CCN(Cc3ccccc3)[C@@H]3COC[C@H](N4CCCC4)[C@@H]23)cc1C.Cc1ccc(CC(=O)C2CCN[C@@H]3COC[C@H](N4CCCC4)[C@@H]23)cc1C. The molecule has 3 aromatic carbocycles. The third kappa shape index (κ3) is 9.95. The highest BCUT2D eigenvalue weighted by Crippen LogP contribution is 2.40. The van der Waals surface area contributed by atoms with Gasteiger partial charge in [0.2, 0.25) is 0 Å². The molecule has 0 aliphatic carbocycles. The normalized spacial score (nSPS) is 30.2. The minimum atomic E-state index is 0.123. The molecular formula is C51H70N4O4. The van der Waals surface area contributed by atoms with E-state index in [0.29, 0.717) is 60.4 Å². The second-order valence-electron chi connectivity index (χ2n) is 18.8. The molecule has 318 valence electrons. The Balaban J connectivity index is 0.000000169. The summed E-state index contributed by atoms with van der Waals surface area (Å²) in [4.78, 5) is 34.9. The van der Waals surface area contributed by atoms with E-state index in [1.54, 1.807) is 0 Å². The van der Waals surface area contributed by atoms with Crippen molar-refractivity contribution in [2.75, 3.05) is 65.7 Å². The Morgan fingerprint density at radius 3 is 1.68 bits per heavy atom. The predicted octanol–water partition coefficient (Wildman–Crippen LogP) is 6.92. The smallest absolute Gasteiger partial charge is 0.140 e. The molecule has 9 rings (SSSR count). The highest BCUT2D eigenvalue weighted by atomic mass is 16.5. The van der Waals surface area contributed by atoms with Crippen LogP contribution in [-0.2, 0) is 38.4 Å². The molecule has 6 aliphatic heterocycles. The maximum atomic E-state index is 13.8. The first kappa shape index (κ1) is 42.5. The van der Waals surface area contributed by atoms with Crippen molar-refractivity contribution in [1.82, 2.24) is 20.0 Å². The molecule has 0 radical (unpaired) electrons. The number of carbonyl (C=O) groups excluding carboxylic acids is 2. The fourth-order valence-electron chi connectivity index (χ4n) is 11.6. The number of Topliss-reactive ketones (excluding diaryl/α,β-unsaturated/α-hetero) is 2. The Morgan fingerprint density at radius 2 is 1.10 bits per heavy atom. The molecule has 0 saturated carbocycles. The fourth-order valence-corrected chi connectivity index (χ4v) is 11.6. The lowest BCUT2D eigenvalue weighted by Crippen LogP contribution is -2.63. The predicted molar refractivity (Wildman–Crippen MR) is 236 cm³/mol. The topological polar surface area (TPSA) is 74.3 Å². The van der Waals surface area contributed by atoms with E-state index >= 15 is 0 Å². The summed E-state index contributed by atoms with van der Waals surface area (Å²) in [6.07, 6.45) is 8.15. The summed E-state index contributed by atoms with van der Waals surface area (Å²) in [6, 6.07) is 25.1. The number of aryl methyl sites for hydroxylation is 4. The van der Waals surface area contributed by atoms with Crippen LogP contribution in [0.3, 0.4) is 0 Å². The quantitative estimate of drug-likeness (QED) is 0.237. The monoisotopic (exact) mass is 803 g/mol. The summed E-state index contributed by atoms with van der Waals surface area (Å²) < 4.78 is 12.1. The lowest BCUT2D eigenvalue weighted by atomic mass is 9.71. The van der Waals surface area contributed by atoms with Crippen LogP contribution < -0.4 is 5.32 Å². The number of nitrogens with one attached hydrogen (secondary N) is 1. The third-order valence-electron chi connectivity index (χ3n) is 15.1. The van der Waals surface area contributed by atoms with Gasteiger partial charge in [0.05, 0.1) is 26.4 Å². The Bertz CT molecular complexity index is 1870. The van der Waals surface area contributed by atoms with Crippen LogP contribution in [0.1, 0.15) is 77.5 Å². The highest BCUT2D eigenvalue weighted by molar-refractivity contribution is 5.84. The summed E-state index contributed by atoms with van der Waals surface area (Å²) in [6.45, 7) is 19.0. The van der Waals surface area contributed by atoms with Gasteiger partial charge < -0.3 is 14.8 Å². The van der Waals surface area contributed by atoms with Crippen LogP contribution in [0.25, 0.3) is 0 Å². The van der Waals surface area contributed by atoms with Crippen molar-refractivity contribution < 1.29 is 19.1 Å². The number of ether oxygens (including phenoxy) is 2. The van der Waals surface area contributed by atoms with Crippen molar-refractivity contribution in [1.29, 1.82) is 0 Å². The number of carbonyl (C=O) groups is 2. The van der Waals surface area contributed by atoms with Crippen LogP contribution in [0.4, 0.5) is 0 Å². The molecule has 1 N–H and O–H groups in total. The molecule has 6 saturated heterocycles. The Labute approximate surface area is 354 Å². The molecule has 59 heavy (non-hydrogen) atoms. The van der Waals surface area contributed by atoms with Gasteiger partial charge in [0.1, 0.15) is 11.6 Å². The van der Waals surface area contributed by atoms with E-state index in [9.17, 15) is 9.59 Å². The summed E-state index contributed by atoms with van der Waals surface area (Å²) in [5, 5.41) is 3.64. The number of fused-ring (bicyclic) bond motifs is 2. The van der Waals surface area contributed by atoms with Crippen LogP contribution in [0.5, 0.6) is 0 Å². The van der Waals surface area contributed by atoms with Crippen LogP contribution >= 0.6 is 0 Å². The number of rotatable bonds is 10. The number of hydrogen-bond acceptors (Lipinski definition) is 8. The lowest BCUT2D eigenvalue weighted by Gasteiger charge is -2.52. The standard InChI is InChI=1S/C29H38N2O2.C22H32N2O2/c1-21-10-11-24(16-22(21)2)17-28(32)25-12-15-31(18-23-8-4-3-5-9-23)27-20-33-19-26(29(25)27)30-13-6-7-14-30;1-15-5-6-17(11-16(15)2)12-21(25)18-7-8-23-19-13-26-14-20(22(18)19)24-9-3-4-10-24/h3-5,8-11,16,25-27,29H,6-7,12-15,17-20H2,1-2H3;5-6,11,18-20,22-23H,3-4,7-10,12-14H2,1-2H3/t25?,26-,27+,29+;18?,19-,20+,22+/m01/s1. The van der Waals surface area contributed by atoms with E-state index in [4.69, 9.17) is 9.47 Å². The number of likely N-dealkylation sites (tertiary alicyclic amines) is 3. The molecule has 6 fully saturated rings. The van der Waals surface area contributed by atoms with E-state index < -0.39 is 0 Å². The molecule has 2 unspecified atom stereocenters. The lowest BCUT2D eigenvalue weighted by molar-refractivity contribution is -0.141. The number of piperidine rings is 2. The summed E-state index contributed by atoms with van der Waals surface area (Å²) >= 11 is 0. The molecule has 0 bridgehead atoms. The maximum absolute atomic E-state index is 13.8. The van der Waals surface area contributed by atoms with Crippen LogP contribution in [0, 0.1) is 51.4 Å². The minimum Gasteiger partial charge on any atom is -0.378 e. The minimum absolute atomic E-state index is 0.123. The van der Waals surface area contributed by atoms with Crippen molar-refractivity contribution in [2.45, 2.75) is 110 Å². The zero-order chi connectivity index (χ0) is 40.9. The first-order valence-electron chi connectivity index (χ1n) is 23.1. The molecule has 0 amide bonds. The van der Waals surface area contributed by atoms with Crippen molar-refractivity contribution in [3.63, 3.8) is 0 Å². The first-order chi connectivity index (χ1) is 28.7. The van der Waals surface area contributed by atoms with Crippen molar-refractivity contribution in [2.24, 2.45) is 23.7 Å². The average molecular weight is 803 g/mol. The van der Waals surface area contributed by atoms with Crippen LogP contribution in [0.2, 0.25) is 0 Å². The molecule has 8 nitrogen and oxygen atoms in total. The highest BCUT2D eigenvalue weighted by Gasteiger charge is 2.49. The van der Waals surface area contributed by atoms with Crippen molar-refractivity contribution in [3.05, 3.63) is 106 Å². The Hall–Kier alpha value is -3.24. The van der Waals surface area contributed by atoms with Gasteiger partial charge in [-0.1, -0.05) is 66.7 Å². The van der Waals surface area contributed by atoms with Gasteiger partial charge in [-0.3, -0.25) is 24.3 Å². The number of nitrogens with zero attached hydrogens (tertiary/aromatic N) is 3. The second kappa shape index (κ2) is 19.6. The van der Waals surface area contributed by atoms with Gasteiger partial charge in [-0.15, -0.1) is 0 Å². The van der Waals surface area contributed by atoms with Gasteiger partial charge in [-0.05, 0) is 144 Å². The summed E-state index contributed by atoms with van der Waals surface area (Å²) in [5.41, 5.74) is 8.81. The zero-order valence-electron chi connectivity index (χ0n) is 36.4. The molecule has 6 aliphatic rings. The van der Waals surface area contributed by atoms with E-state index in [1.807, 2.05) is 0 Å². The number of benzene rings is 3. The van der Waals surface area contributed by atoms with E-state index in [1.165, 1.54) is 53.5 Å². The Morgan fingerprint density at radius 1 is 0.576 bits per heavy atom. The molecule has 6 heterocycles. The molecular weight excluding hydrogens is 733 g/mol.